The standard InChI is InChI=1S/C19H30N2O2/c1-3-17(16-7-5-6-8-18(16)23-4-2)21-19(22)10-9-15-11-13-20-14-12-15/h5-8,15,17,20H,3-4,9-14H2,1-2H3,(H,21,22). The molecule has 0 bridgehead atoms. The predicted octanol–water partition coefficient (Wildman–Crippen LogP) is 3.43. The molecule has 128 valence electrons. The Labute approximate surface area is 140 Å². The first-order chi connectivity index (χ1) is 11.2. The van der Waals surface area contributed by atoms with Crippen molar-refractivity contribution in [2.24, 2.45) is 5.92 Å². The number of amides is 1. The molecule has 1 saturated heterocycles. The van der Waals surface area contributed by atoms with E-state index >= 15 is 0 Å². The van der Waals surface area contributed by atoms with Gasteiger partial charge in [0.25, 0.3) is 0 Å². The van der Waals surface area contributed by atoms with Gasteiger partial charge in [-0.1, -0.05) is 25.1 Å². The number of carbonyl (C=O) groups is 1. The van der Waals surface area contributed by atoms with Crippen molar-refractivity contribution in [2.45, 2.75) is 52.0 Å². The summed E-state index contributed by atoms with van der Waals surface area (Å²) < 4.78 is 5.70. The molecule has 2 rings (SSSR count). The van der Waals surface area contributed by atoms with Gasteiger partial charge in [0.2, 0.25) is 5.91 Å². The topological polar surface area (TPSA) is 50.4 Å². The third-order valence-electron chi connectivity index (χ3n) is 4.58. The number of piperidine rings is 1. The normalized spacial score (nSPS) is 16.8. The van der Waals surface area contributed by atoms with Gasteiger partial charge in [-0.2, -0.15) is 0 Å². The lowest BCUT2D eigenvalue weighted by molar-refractivity contribution is -0.122. The highest BCUT2D eigenvalue weighted by molar-refractivity contribution is 5.76. The fraction of sp³-hybridized carbons (Fsp3) is 0.632. The van der Waals surface area contributed by atoms with Gasteiger partial charge in [-0.25, -0.2) is 0 Å². The van der Waals surface area contributed by atoms with Gasteiger partial charge in [0.15, 0.2) is 0 Å². The number of rotatable bonds is 8. The predicted molar refractivity (Wildman–Crippen MR) is 93.6 cm³/mol. The second-order valence-corrected chi connectivity index (χ2v) is 6.23. The van der Waals surface area contributed by atoms with E-state index in [-0.39, 0.29) is 11.9 Å². The van der Waals surface area contributed by atoms with Gasteiger partial charge in [-0.05, 0) is 57.7 Å². The van der Waals surface area contributed by atoms with Crippen LogP contribution in [0.3, 0.4) is 0 Å². The molecule has 1 atom stereocenters. The van der Waals surface area contributed by atoms with Gasteiger partial charge < -0.3 is 15.4 Å². The van der Waals surface area contributed by atoms with Gasteiger partial charge in [0.05, 0.1) is 12.6 Å². The highest BCUT2D eigenvalue weighted by atomic mass is 16.5. The van der Waals surface area contributed by atoms with E-state index in [2.05, 4.69) is 17.6 Å². The minimum atomic E-state index is 0.0262. The third-order valence-corrected chi connectivity index (χ3v) is 4.58. The van der Waals surface area contributed by atoms with E-state index in [4.69, 9.17) is 4.74 Å². The van der Waals surface area contributed by atoms with Crippen molar-refractivity contribution in [1.29, 1.82) is 0 Å². The molecule has 0 radical (unpaired) electrons. The highest BCUT2D eigenvalue weighted by Gasteiger charge is 2.18. The largest absolute Gasteiger partial charge is 0.494 e. The number of nitrogens with one attached hydrogen (secondary N) is 2. The molecule has 1 aliphatic heterocycles. The molecule has 1 heterocycles. The van der Waals surface area contributed by atoms with E-state index in [0.29, 0.717) is 18.9 Å². The van der Waals surface area contributed by atoms with Crippen molar-refractivity contribution in [3.8, 4) is 5.75 Å². The first-order valence-corrected chi connectivity index (χ1v) is 8.96. The summed E-state index contributed by atoms with van der Waals surface area (Å²) in [5.41, 5.74) is 1.08. The van der Waals surface area contributed by atoms with E-state index in [1.54, 1.807) is 0 Å². The molecule has 23 heavy (non-hydrogen) atoms. The lowest BCUT2D eigenvalue weighted by Crippen LogP contribution is -2.31. The molecule has 4 heteroatoms. The van der Waals surface area contributed by atoms with Crippen molar-refractivity contribution in [1.82, 2.24) is 10.6 Å². The Kier molecular flexibility index (Phi) is 7.40. The second kappa shape index (κ2) is 9.56. The Balaban J connectivity index is 1.89. The average Bonchev–Trinajstić information content (AvgIpc) is 2.60. The minimum Gasteiger partial charge on any atom is -0.494 e. The summed E-state index contributed by atoms with van der Waals surface area (Å²) in [5.74, 6) is 1.72. The molecule has 1 amide bonds. The maximum atomic E-state index is 12.3. The Hall–Kier alpha value is -1.55. The van der Waals surface area contributed by atoms with Crippen molar-refractivity contribution < 1.29 is 9.53 Å². The molecule has 1 unspecified atom stereocenters. The van der Waals surface area contributed by atoms with E-state index in [9.17, 15) is 4.79 Å². The van der Waals surface area contributed by atoms with Crippen LogP contribution in [0.25, 0.3) is 0 Å². The maximum absolute atomic E-state index is 12.3. The van der Waals surface area contributed by atoms with Crippen LogP contribution in [0.2, 0.25) is 0 Å². The van der Waals surface area contributed by atoms with Gasteiger partial charge in [0.1, 0.15) is 5.75 Å². The second-order valence-electron chi connectivity index (χ2n) is 6.23. The molecular formula is C19H30N2O2. The molecule has 0 spiro atoms. The quantitative estimate of drug-likeness (QED) is 0.772. The number of benzene rings is 1. The molecule has 4 nitrogen and oxygen atoms in total. The summed E-state index contributed by atoms with van der Waals surface area (Å²) >= 11 is 0. The van der Waals surface area contributed by atoms with Crippen LogP contribution in [-0.4, -0.2) is 25.6 Å². The minimum absolute atomic E-state index is 0.0262. The van der Waals surface area contributed by atoms with Crippen LogP contribution in [0.5, 0.6) is 5.75 Å². The number of carbonyl (C=O) groups excluding carboxylic acids is 1. The van der Waals surface area contributed by atoms with Crippen LogP contribution >= 0.6 is 0 Å². The van der Waals surface area contributed by atoms with E-state index in [0.717, 1.165) is 37.2 Å². The molecule has 1 aromatic rings. The van der Waals surface area contributed by atoms with Crippen LogP contribution in [-0.2, 0) is 4.79 Å². The summed E-state index contributed by atoms with van der Waals surface area (Å²) in [6.07, 6.45) is 4.87. The number of hydrogen-bond acceptors (Lipinski definition) is 3. The van der Waals surface area contributed by atoms with Crippen LogP contribution in [0, 0.1) is 5.92 Å². The van der Waals surface area contributed by atoms with Crippen molar-refractivity contribution in [3.05, 3.63) is 29.8 Å². The van der Waals surface area contributed by atoms with Gasteiger partial charge in [-0.15, -0.1) is 0 Å². The number of para-hydroxylation sites is 1. The summed E-state index contributed by atoms with van der Waals surface area (Å²) in [5, 5.41) is 6.56. The third kappa shape index (κ3) is 5.54. The Morgan fingerprint density at radius 3 is 2.74 bits per heavy atom. The van der Waals surface area contributed by atoms with Gasteiger partial charge >= 0.3 is 0 Å². The summed E-state index contributed by atoms with van der Waals surface area (Å²) in [4.78, 5) is 12.3. The molecule has 0 aromatic heterocycles. The summed E-state index contributed by atoms with van der Waals surface area (Å²) in [6.45, 7) is 6.89. The lowest BCUT2D eigenvalue weighted by Gasteiger charge is -2.23. The molecule has 1 fully saturated rings. The average molecular weight is 318 g/mol. The van der Waals surface area contributed by atoms with Crippen LogP contribution < -0.4 is 15.4 Å². The molecule has 1 aromatic carbocycles. The van der Waals surface area contributed by atoms with Crippen molar-refractivity contribution in [3.63, 3.8) is 0 Å². The van der Waals surface area contributed by atoms with E-state index in [1.165, 1.54) is 12.8 Å². The van der Waals surface area contributed by atoms with E-state index in [1.807, 2.05) is 31.2 Å². The Morgan fingerprint density at radius 2 is 2.04 bits per heavy atom. The molecule has 0 saturated carbocycles. The number of hydrogen-bond donors (Lipinski definition) is 2. The molecule has 1 aliphatic rings. The zero-order valence-corrected chi connectivity index (χ0v) is 14.4. The zero-order valence-electron chi connectivity index (χ0n) is 14.4. The van der Waals surface area contributed by atoms with Gasteiger partial charge in [0, 0.05) is 12.0 Å². The summed E-state index contributed by atoms with van der Waals surface area (Å²) in [6, 6.07) is 8.02. The monoisotopic (exact) mass is 318 g/mol. The smallest absolute Gasteiger partial charge is 0.220 e. The maximum Gasteiger partial charge on any atom is 0.220 e. The van der Waals surface area contributed by atoms with Crippen molar-refractivity contribution in [2.75, 3.05) is 19.7 Å². The summed E-state index contributed by atoms with van der Waals surface area (Å²) in [7, 11) is 0. The fourth-order valence-corrected chi connectivity index (χ4v) is 3.23. The first kappa shape index (κ1) is 17.8. The SMILES string of the molecule is CCOc1ccccc1C(CC)NC(=O)CCC1CCNCC1. The molecule has 2 N–H and O–H groups in total. The molecular weight excluding hydrogens is 288 g/mol. The Bertz CT molecular complexity index is 484. The number of ether oxygens (including phenoxy) is 1. The molecule has 0 aliphatic carbocycles. The van der Waals surface area contributed by atoms with Crippen LogP contribution in [0.4, 0.5) is 0 Å². The van der Waals surface area contributed by atoms with Gasteiger partial charge in [-0.3, -0.25) is 4.79 Å². The van der Waals surface area contributed by atoms with Crippen LogP contribution in [0.15, 0.2) is 24.3 Å². The van der Waals surface area contributed by atoms with Crippen molar-refractivity contribution >= 4 is 5.91 Å². The van der Waals surface area contributed by atoms with Crippen LogP contribution in [0.1, 0.15) is 57.6 Å². The zero-order chi connectivity index (χ0) is 16.5. The first-order valence-electron chi connectivity index (χ1n) is 8.96. The lowest BCUT2D eigenvalue weighted by atomic mass is 9.93. The van der Waals surface area contributed by atoms with E-state index < -0.39 is 0 Å². The Morgan fingerprint density at radius 1 is 1.30 bits per heavy atom. The highest BCUT2D eigenvalue weighted by Crippen LogP contribution is 2.27. The fourth-order valence-electron chi connectivity index (χ4n) is 3.23.